The Morgan fingerprint density at radius 2 is 2.39 bits per heavy atom. The molecule has 8 heteroatoms. The number of rotatable bonds is 4. The summed E-state index contributed by atoms with van der Waals surface area (Å²) >= 11 is 1.14. The van der Waals surface area contributed by atoms with Crippen LogP contribution in [0.2, 0.25) is 0 Å². The van der Waals surface area contributed by atoms with Gasteiger partial charge in [-0.15, -0.1) is 5.10 Å². The third kappa shape index (κ3) is 2.43. The van der Waals surface area contributed by atoms with E-state index in [1.54, 1.807) is 0 Å². The summed E-state index contributed by atoms with van der Waals surface area (Å²) in [4.78, 5) is 26.2. The average Bonchev–Trinajstić information content (AvgIpc) is 2.70. The molecule has 0 aliphatic carbocycles. The summed E-state index contributed by atoms with van der Waals surface area (Å²) < 4.78 is 1.44. The lowest BCUT2D eigenvalue weighted by Crippen LogP contribution is -2.16. The van der Waals surface area contributed by atoms with Crippen LogP contribution in [0.1, 0.15) is 17.3 Å². The molecule has 94 valence electrons. The van der Waals surface area contributed by atoms with Gasteiger partial charge >= 0.3 is 11.7 Å². The normalized spacial score (nSPS) is 10.5. The molecule has 2 heterocycles. The summed E-state index contributed by atoms with van der Waals surface area (Å²) in [7, 11) is 0. The maximum absolute atomic E-state index is 11.4. The monoisotopic (exact) mass is 266 g/mol. The minimum atomic E-state index is -1.02. The lowest BCUT2D eigenvalue weighted by Gasteiger charge is -2.02. The molecule has 0 bridgehead atoms. The van der Waals surface area contributed by atoms with Crippen LogP contribution in [0.4, 0.5) is 0 Å². The summed E-state index contributed by atoms with van der Waals surface area (Å²) in [6, 6.07) is 2.84. The van der Waals surface area contributed by atoms with Crippen molar-refractivity contribution in [1.82, 2.24) is 19.7 Å². The highest BCUT2D eigenvalue weighted by Crippen LogP contribution is 2.23. The zero-order valence-corrected chi connectivity index (χ0v) is 10.3. The number of nitrogens with one attached hydrogen (secondary N) is 1. The molecule has 0 amide bonds. The van der Waals surface area contributed by atoms with E-state index >= 15 is 0 Å². The topological polar surface area (TPSA) is 101 Å². The molecule has 0 radical (unpaired) electrons. The lowest BCUT2D eigenvalue weighted by atomic mass is 10.3. The first-order valence-corrected chi connectivity index (χ1v) is 5.96. The summed E-state index contributed by atoms with van der Waals surface area (Å²) in [6.07, 6.45) is 1.41. The number of hydrogen-bond acceptors (Lipinski definition) is 5. The number of hydrogen-bond donors (Lipinski definition) is 2. The largest absolute Gasteiger partial charge is 0.478 e. The van der Waals surface area contributed by atoms with E-state index in [9.17, 15) is 9.59 Å². The summed E-state index contributed by atoms with van der Waals surface area (Å²) in [5.74, 6) is -1.02. The first-order chi connectivity index (χ1) is 8.61. The van der Waals surface area contributed by atoms with E-state index in [0.29, 0.717) is 16.7 Å². The van der Waals surface area contributed by atoms with Crippen LogP contribution in [0, 0.1) is 0 Å². The van der Waals surface area contributed by atoms with Gasteiger partial charge in [0.2, 0.25) is 0 Å². The minimum Gasteiger partial charge on any atom is -0.478 e. The van der Waals surface area contributed by atoms with Gasteiger partial charge in [0.1, 0.15) is 5.03 Å². The second-order valence-electron chi connectivity index (χ2n) is 3.35. The van der Waals surface area contributed by atoms with E-state index in [0.717, 1.165) is 11.8 Å². The number of aromatic nitrogens is 4. The van der Waals surface area contributed by atoms with Gasteiger partial charge in [0, 0.05) is 12.7 Å². The van der Waals surface area contributed by atoms with E-state index in [1.165, 1.54) is 22.9 Å². The van der Waals surface area contributed by atoms with E-state index in [1.807, 2.05) is 6.92 Å². The van der Waals surface area contributed by atoms with Gasteiger partial charge in [0.25, 0.3) is 0 Å². The van der Waals surface area contributed by atoms with E-state index < -0.39 is 5.97 Å². The minimum absolute atomic E-state index is 0.147. The molecule has 2 aromatic rings. The number of carbonyl (C=O) groups is 1. The molecule has 0 saturated carbocycles. The Morgan fingerprint density at radius 3 is 3.06 bits per heavy atom. The zero-order chi connectivity index (χ0) is 13.1. The van der Waals surface area contributed by atoms with Crippen LogP contribution in [0.5, 0.6) is 0 Å². The summed E-state index contributed by atoms with van der Waals surface area (Å²) in [5, 5.41) is 16.0. The summed E-state index contributed by atoms with van der Waals surface area (Å²) in [6.45, 7) is 2.30. The standard InChI is InChI=1S/C10H10N4O3S/c1-2-14-9(17)12-13-10(14)18-7-5-6(8(15)16)3-4-11-7/h3-5H,2H2,1H3,(H,12,17)(H,15,16). The Balaban J connectivity index is 2.31. The molecule has 2 aromatic heterocycles. The molecule has 0 atom stereocenters. The second kappa shape index (κ2) is 5.05. The third-order valence-electron chi connectivity index (χ3n) is 2.22. The van der Waals surface area contributed by atoms with Crippen LogP contribution in [0.15, 0.2) is 33.3 Å². The van der Waals surface area contributed by atoms with Gasteiger partial charge in [-0.2, -0.15) is 0 Å². The van der Waals surface area contributed by atoms with Crippen molar-refractivity contribution >= 4 is 17.7 Å². The molecule has 0 aliphatic heterocycles. The van der Waals surface area contributed by atoms with Crippen LogP contribution in [-0.4, -0.2) is 30.8 Å². The smallest absolute Gasteiger partial charge is 0.343 e. The molecule has 7 nitrogen and oxygen atoms in total. The Hall–Kier alpha value is -2.09. The van der Waals surface area contributed by atoms with Crippen LogP contribution in [0.3, 0.4) is 0 Å². The van der Waals surface area contributed by atoms with E-state index in [2.05, 4.69) is 15.2 Å². The zero-order valence-electron chi connectivity index (χ0n) is 9.45. The van der Waals surface area contributed by atoms with Crippen LogP contribution < -0.4 is 5.69 Å². The first-order valence-electron chi connectivity index (χ1n) is 5.14. The number of pyridine rings is 1. The first kappa shape index (κ1) is 12.4. The molecule has 0 saturated heterocycles. The Bertz CT molecular complexity index is 634. The fourth-order valence-electron chi connectivity index (χ4n) is 1.35. The van der Waals surface area contributed by atoms with Crippen molar-refractivity contribution in [2.24, 2.45) is 0 Å². The highest BCUT2D eigenvalue weighted by Gasteiger charge is 2.11. The van der Waals surface area contributed by atoms with Crippen LogP contribution in [-0.2, 0) is 6.54 Å². The van der Waals surface area contributed by atoms with Crippen molar-refractivity contribution in [2.45, 2.75) is 23.7 Å². The third-order valence-corrected chi connectivity index (χ3v) is 3.14. The molecule has 0 spiro atoms. The highest BCUT2D eigenvalue weighted by molar-refractivity contribution is 7.99. The van der Waals surface area contributed by atoms with E-state index in [4.69, 9.17) is 5.11 Å². The van der Waals surface area contributed by atoms with Gasteiger partial charge in [0.15, 0.2) is 5.16 Å². The number of aromatic carboxylic acids is 1. The average molecular weight is 266 g/mol. The van der Waals surface area contributed by atoms with Gasteiger partial charge in [0.05, 0.1) is 5.56 Å². The Morgan fingerprint density at radius 1 is 1.61 bits per heavy atom. The maximum atomic E-state index is 11.4. The molecular weight excluding hydrogens is 256 g/mol. The van der Waals surface area contributed by atoms with Crippen molar-refractivity contribution in [1.29, 1.82) is 0 Å². The second-order valence-corrected chi connectivity index (χ2v) is 4.33. The molecule has 18 heavy (non-hydrogen) atoms. The molecule has 0 fully saturated rings. The van der Waals surface area contributed by atoms with Gasteiger partial charge in [-0.25, -0.2) is 19.7 Å². The quantitative estimate of drug-likeness (QED) is 0.850. The SMILES string of the molecule is CCn1c(Sc2cc(C(=O)O)ccn2)n[nH]c1=O. The Labute approximate surface area is 106 Å². The number of aromatic amines is 1. The van der Waals surface area contributed by atoms with Crippen LogP contribution >= 0.6 is 11.8 Å². The molecular formula is C10H10N4O3S. The molecule has 0 aliphatic rings. The maximum Gasteiger partial charge on any atom is 0.343 e. The summed E-state index contributed by atoms with van der Waals surface area (Å²) in [5.41, 5.74) is -0.150. The van der Waals surface area contributed by atoms with Gasteiger partial charge < -0.3 is 5.11 Å². The predicted octanol–water partition coefficient (Wildman–Crippen LogP) is 0.836. The van der Waals surface area contributed by atoms with E-state index in [-0.39, 0.29) is 11.3 Å². The van der Waals surface area contributed by atoms with Gasteiger partial charge in [-0.1, -0.05) is 0 Å². The highest BCUT2D eigenvalue weighted by atomic mass is 32.2. The number of carboxylic acid groups (broad SMARTS) is 1. The Kier molecular flexibility index (Phi) is 3.47. The van der Waals surface area contributed by atoms with Crippen molar-refractivity contribution < 1.29 is 9.90 Å². The van der Waals surface area contributed by atoms with Crippen LogP contribution in [0.25, 0.3) is 0 Å². The van der Waals surface area contributed by atoms with Crippen molar-refractivity contribution in [3.8, 4) is 0 Å². The number of carboxylic acids is 1. The predicted molar refractivity (Wildman–Crippen MR) is 63.8 cm³/mol. The molecule has 0 aromatic carbocycles. The molecule has 2 N–H and O–H groups in total. The van der Waals surface area contributed by atoms with Crippen molar-refractivity contribution in [2.75, 3.05) is 0 Å². The van der Waals surface area contributed by atoms with Gasteiger partial charge in [-0.3, -0.25) is 4.57 Å². The number of nitrogens with zero attached hydrogens (tertiary/aromatic N) is 3. The fraction of sp³-hybridized carbons (Fsp3) is 0.200. The lowest BCUT2D eigenvalue weighted by molar-refractivity contribution is 0.0696. The fourth-order valence-corrected chi connectivity index (χ4v) is 2.25. The van der Waals surface area contributed by atoms with Crippen molar-refractivity contribution in [3.63, 3.8) is 0 Å². The number of H-pyrrole nitrogens is 1. The molecule has 0 unspecified atom stereocenters. The van der Waals surface area contributed by atoms with Gasteiger partial charge in [-0.05, 0) is 30.8 Å². The molecule has 2 rings (SSSR count). The van der Waals surface area contributed by atoms with Crippen molar-refractivity contribution in [3.05, 3.63) is 34.4 Å².